The molecule has 0 atom stereocenters. The van der Waals surface area contributed by atoms with E-state index in [-0.39, 0.29) is 12.2 Å². The van der Waals surface area contributed by atoms with Gasteiger partial charge in [0.25, 0.3) is 5.56 Å². The van der Waals surface area contributed by atoms with Crippen LogP contribution in [0.4, 0.5) is 16.2 Å². The van der Waals surface area contributed by atoms with Crippen LogP contribution in [-0.2, 0) is 6.61 Å². The second-order valence-electron chi connectivity index (χ2n) is 7.33. The number of urea groups is 1. The molecule has 0 saturated heterocycles. The van der Waals surface area contributed by atoms with Gasteiger partial charge in [-0.3, -0.25) is 9.20 Å². The number of hydrogen-bond acceptors (Lipinski definition) is 4. The number of pyridine rings is 1. The van der Waals surface area contributed by atoms with Crippen molar-refractivity contribution in [1.82, 2.24) is 9.38 Å². The van der Waals surface area contributed by atoms with Crippen LogP contribution in [0, 0.1) is 13.8 Å². The Morgan fingerprint density at radius 1 is 1.00 bits per heavy atom. The van der Waals surface area contributed by atoms with Crippen molar-refractivity contribution in [3.8, 4) is 5.75 Å². The summed E-state index contributed by atoms with van der Waals surface area (Å²) >= 11 is 5.95. The quantitative estimate of drug-likeness (QED) is 0.440. The number of benzene rings is 2. The molecule has 2 N–H and O–H groups in total. The van der Waals surface area contributed by atoms with E-state index in [0.717, 1.165) is 11.1 Å². The predicted octanol–water partition coefficient (Wildman–Crippen LogP) is 5.19. The molecular formula is C24H21ClN4O3. The Morgan fingerprint density at radius 2 is 1.78 bits per heavy atom. The van der Waals surface area contributed by atoms with Gasteiger partial charge >= 0.3 is 6.03 Å². The molecule has 0 aliphatic rings. The minimum atomic E-state index is -0.401. The van der Waals surface area contributed by atoms with Crippen molar-refractivity contribution in [2.24, 2.45) is 0 Å². The third kappa shape index (κ3) is 4.90. The molecule has 4 rings (SSSR count). The van der Waals surface area contributed by atoms with Crippen LogP contribution < -0.4 is 20.9 Å². The molecule has 2 amide bonds. The van der Waals surface area contributed by atoms with Gasteiger partial charge in [-0.25, -0.2) is 9.78 Å². The highest BCUT2D eigenvalue weighted by Gasteiger charge is 2.09. The van der Waals surface area contributed by atoms with Gasteiger partial charge in [0.05, 0.1) is 5.69 Å². The molecule has 0 saturated carbocycles. The molecule has 8 heteroatoms. The zero-order valence-electron chi connectivity index (χ0n) is 17.6. The van der Waals surface area contributed by atoms with Crippen molar-refractivity contribution in [2.45, 2.75) is 20.5 Å². The smallest absolute Gasteiger partial charge is 0.323 e. The van der Waals surface area contributed by atoms with Crippen molar-refractivity contribution in [3.63, 3.8) is 0 Å². The van der Waals surface area contributed by atoms with E-state index in [9.17, 15) is 9.59 Å². The van der Waals surface area contributed by atoms with Crippen molar-refractivity contribution >= 4 is 34.7 Å². The van der Waals surface area contributed by atoms with Gasteiger partial charge in [-0.2, -0.15) is 0 Å². The standard InChI is InChI=1S/C24H21ClN4O3/c1-15-8-9-19(28-24(31)27-18-7-3-6-17(25)11-18)12-21(15)32-14-20-13-22(30)29-10-4-5-16(2)23(29)26-20/h3-13H,14H2,1-2H3,(H2,27,28,31). The maximum Gasteiger partial charge on any atom is 0.323 e. The normalized spacial score (nSPS) is 10.7. The Labute approximate surface area is 189 Å². The number of aryl methyl sites for hydroxylation is 2. The summed E-state index contributed by atoms with van der Waals surface area (Å²) in [5.74, 6) is 0.581. The van der Waals surface area contributed by atoms with Crippen LogP contribution in [0.15, 0.2) is 71.7 Å². The third-order valence-corrected chi connectivity index (χ3v) is 5.08. The molecule has 0 radical (unpaired) electrons. The lowest BCUT2D eigenvalue weighted by molar-refractivity contribution is 0.262. The molecule has 162 valence electrons. The predicted molar refractivity (Wildman–Crippen MR) is 126 cm³/mol. The maximum atomic E-state index is 12.4. The summed E-state index contributed by atoms with van der Waals surface area (Å²) < 4.78 is 7.43. The first kappa shape index (κ1) is 21.4. The highest BCUT2D eigenvalue weighted by Crippen LogP contribution is 2.24. The molecule has 7 nitrogen and oxygen atoms in total. The number of amides is 2. The van der Waals surface area contributed by atoms with Crippen LogP contribution in [0.3, 0.4) is 0 Å². The molecule has 2 aromatic heterocycles. The molecule has 2 heterocycles. The number of fused-ring (bicyclic) bond motifs is 1. The summed E-state index contributed by atoms with van der Waals surface area (Å²) in [5, 5.41) is 6.04. The molecule has 32 heavy (non-hydrogen) atoms. The van der Waals surface area contributed by atoms with E-state index in [4.69, 9.17) is 16.3 Å². The SMILES string of the molecule is Cc1ccc(NC(=O)Nc2cccc(Cl)c2)cc1OCc1cc(=O)n2cccc(C)c2n1. The van der Waals surface area contributed by atoms with E-state index in [0.29, 0.717) is 33.5 Å². The van der Waals surface area contributed by atoms with Gasteiger partial charge < -0.3 is 15.4 Å². The first-order valence-corrected chi connectivity index (χ1v) is 10.3. The highest BCUT2D eigenvalue weighted by atomic mass is 35.5. The van der Waals surface area contributed by atoms with Gasteiger partial charge in [0, 0.05) is 34.7 Å². The molecule has 0 aliphatic carbocycles. The van der Waals surface area contributed by atoms with E-state index in [1.807, 2.05) is 32.0 Å². The number of halogens is 1. The first-order valence-electron chi connectivity index (χ1n) is 9.94. The Balaban J connectivity index is 1.47. The number of hydrogen-bond donors (Lipinski definition) is 2. The summed E-state index contributed by atoms with van der Waals surface area (Å²) in [6.45, 7) is 3.93. The van der Waals surface area contributed by atoms with E-state index in [2.05, 4.69) is 15.6 Å². The Hall–Kier alpha value is -3.84. The number of nitrogens with zero attached hydrogens (tertiary/aromatic N) is 2. The Morgan fingerprint density at radius 3 is 2.56 bits per heavy atom. The number of carbonyl (C=O) groups is 1. The summed E-state index contributed by atoms with van der Waals surface area (Å²) in [5.41, 5.74) is 3.90. The molecule has 0 aliphatic heterocycles. The summed E-state index contributed by atoms with van der Waals surface area (Å²) in [6, 6.07) is 17.0. The van der Waals surface area contributed by atoms with E-state index in [1.54, 1.807) is 42.6 Å². The van der Waals surface area contributed by atoms with Gasteiger partial charge in [0.15, 0.2) is 0 Å². The number of carbonyl (C=O) groups excluding carboxylic acids is 1. The van der Waals surface area contributed by atoms with Gasteiger partial charge in [-0.1, -0.05) is 29.8 Å². The second kappa shape index (κ2) is 9.11. The van der Waals surface area contributed by atoms with Crippen LogP contribution in [0.1, 0.15) is 16.8 Å². The van der Waals surface area contributed by atoms with Crippen LogP contribution in [0.2, 0.25) is 5.02 Å². The number of ether oxygens (including phenoxy) is 1. The third-order valence-electron chi connectivity index (χ3n) is 4.84. The summed E-state index contributed by atoms with van der Waals surface area (Å²) in [6.07, 6.45) is 1.69. The van der Waals surface area contributed by atoms with Crippen molar-refractivity contribution < 1.29 is 9.53 Å². The Kier molecular flexibility index (Phi) is 6.09. The average Bonchev–Trinajstić information content (AvgIpc) is 2.75. The van der Waals surface area contributed by atoms with E-state index >= 15 is 0 Å². The molecule has 4 aromatic rings. The average molecular weight is 449 g/mol. The van der Waals surface area contributed by atoms with Crippen molar-refractivity contribution in [3.05, 3.63) is 99.1 Å². The minimum absolute atomic E-state index is 0.124. The fourth-order valence-corrected chi connectivity index (χ4v) is 3.42. The van der Waals surface area contributed by atoms with Gasteiger partial charge in [-0.05, 0) is 55.3 Å². The second-order valence-corrected chi connectivity index (χ2v) is 7.77. The van der Waals surface area contributed by atoms with Crippen molar-refractivity contribution in [1.29, 1.82) is 0 Å². The number of rotatable bonds is 5. The lowest BCUT2D eigenvalue weighted by Gasteiger charge is -2.13. The Bertz CT molecular complexity index is 1370. The molecular weight excluding hydrogens is 428 g/mol. The molecule has 0 bridgehead atoms. The van der Waals surface area contributed by atoms with Crippen molar-refractivity contribution in [2.75, 3.05) is 10.6 Å². The minimum Gasteiger partial charge on any atom is -0.487 e. The number of nitrogens with one attached hydrogen (secondary N) is 2. The molecule has 0 spiro atoms. The number of anilines is 2. The summed E-state index contributed by atoms with van der Waals surface area (Å²) in [4.78, 5) is 29.2. The highest BCUT2D eigenvalue weighted by molar-refractivity contribution is 6.30. The molecule has 2 aromatic carbocycles. The van der Waals surface area contributed by atoms with Gasteiger partial charge in [-0.15, -0.1) is 0 Å². The molecule has 0 fully saturated rings. The van der Waals surface area contributed by atoms with Crippen LogP contribution >= 0.6 is 11.6 Å². The monoisotopic (exact) mass is 448 g/mol. The van der Waals surface area contributed by atoms with Crippen LogP contribution in [0.25, 0.3) is 5.65 Å². The zero-order chi connectivity index (χ0) is 22.7. The van der Waals surface area contributed by atoms with Crippen LogP contribution in [-0.4, -0.2) is 15.4 Å². The summed E-state index contributed by atoms with van der Waals surface area (Å²) in [7, 11) is 0. The maximum absolute atomic E-state index is 12.4. The van der Waals surface area contributed by atoms with Gasteiger partial charge in [0.1, 0.15) is 18.0 Å². The number of aromatic nitrogens is 2. The topological polar surface area (TPSA) is 84.7 Å². The fourth-order valence-electron chi connectivity index (χ4n) is 3.23. The lowest BCUT2D eigenvalue weighted by Crippen LogP contribution is -2.19. The van der Waals surface area contributed by atoms with Crippen LogP contribution in [0.5, 0.6) is 5.75 Å². The van der Waals surface area contributed by atoms with E-state index < -0.39 is 6.03 Å². The zero-order valence-corrected chi connectivity index (χ0v) is 18.3. The largest absolute Gasteiger partial charge is 0.487 e. The van der Waals surface area contributed by atoms with Gasteiger partial charge in [0.2, 0.25) is 0 Å². The van der Waals surface area contributed by atoms with E-state index in [1.165, 1.54) is 10.5 Å². The molecule has 0 unspecified atom stereocenters. The first-order chi connectivity index (χ1) is 15.4. The fraction of sp³-hybridized carbons (Fsp3) is 0.125. The lowest BCUT2D eigenvalue weighted by atomic mass is 10.2.